The number of nitrogens with one attached hydrogen (secondary N) is 3. The molecule has 0 atom stereocenters. The van der Waals surface area contributed by atoms with Crippen LogP contribution in [-0.2, 0) is 6.54 Å². The molecule has 6 nitrogen and oxygen atoms in total. The molecule has 3 heterocycles. The van der Waals surface area contributed by atoms with Crippen molar-refractivity contribution in [2.45, 2.75) is 6.54 Å². The van der Waals surface area contributed by atoms with Gasteiger partial charge in [-0.1, -0.05) is 6.07 Å². The van der Waals surface area contributed by atoms with Crippen molar-refractivity contribution in [2.75, 3.05) is 5.32 Å². The Morgan fingerprint density at radius 1 is 0.875 bits per heavy atom. The number of hydrogen-bond acceptors (Lipinski definition) is 4. The van der Waals surface area contributed by atoms with Gasteiger partial charge in [0.15, 0.2) is 0 Å². The number of aromatic nitrogens is 4. The van der Waals surface area contributed by atoms with Crippen molar-refractivity contribution >= 4 is 16.7 Å². The molecule has 0 aliphatic heterocycles. The summed E-state index contributed by atoms with van der Waals surface area (Å²) in [5, 5.41) is 3.36. The lowest BCUT2D eigenvalue weighted by molar-refractivity contribution is 1.12. The molecule has 0 amide bonds. The Morgan fingerprint density at radius 3 is 2.58 bits per heavy atom. The molecule has 24 heavy (non-hydrogen) atoms. The van der Waals surface area contributed by atoms with E-state index in [0.29, 0.717) is 6.54 Å². The average Bonchev–Trinajstić information content (AvgIpc) is 3.00. The van der Waals surface area contributed by atoms with E-state index in [1.54, 1.807) is 18.6 Å². The second-order valence-electron chi connectivity index (χ2n) is 5.51. The molecule has 0 aliphatic rings. The minimum atomic E-state index is -0.201. The van der Waals surface area contributed by atoms with Crippen molar-refractivity contribution in [3.8, 4) is 11.1 Å². The first kappa shape index (κ1) is 14.2. The van der Waals surface area contributed by atoms with E-state index in [1.165, 1.54) is 0 Å². The van der Waals surface area contributed by atoms with Gasteiger partial charge in [0.25, 0.3) is 0 Å². The van der Waals surface area contributed by atoms with Gasteiger partial charge < -0.3 is 15.3 Å². The highest BCUT2D eigenvalue weighted by Crippen LogP contribution is 2.24. The number of imidazole rings is 1. The third-order valence-corrected chi connectivity index (χ3v) is 3.83. The minimum Gasteiger partial charge on any atom is -0.380 e. The summed E-state index contributed by atoms with van der Waals surface area (Å²) < 4.78 is 0. The van der Waals surface area contributed by atoms with E-state index in [-0.39, 0.29) is 5.69 Å². The van der Waals surface area contributed by atoms with E-state index < -0.39 is 0 Å². The number of hydrogen-bond donors (Lipinski definition) is 3. The Bertz CT molecular complexity index is 1040. The molecular formula is C18H15N5O. The monoisotopic (exact) mass is 317 g/mol. The van der Waals surface area contributed by atoms with E-state index >= 15 is 0 Å². The summed E-state index contributed by atoms with van der Waals surface area (Å²) in [6, 6.07) is 11.8. The zero-order chi connectivity index (χ0) is 16.4. The predicted molar refractivity (Wildman–Crippen MR) is 93.7 cm³/mol. The van der Waals surface area contributed by atoms with E-state index in [1.807, 2.05) is 42.6 Å². The average molecular weight is 317 g/mol. The maximum absolute atomic E-state index is 11.4. The number of benzene rings is 1. The van der Waals surface area contributed by atoms with Gasteiger partial charge >= 0.3 is 5.69 Å². The summed E-state index contributed by atoms with van der Waals surface area (Å²) in [4.78, 5) is 25.2. The fraction of sp³-hybridized carbons (Fsp3) is 0.0556. The summed E-state index contributed by atoms with van der Waals surface area (Å²) in [6.45, 7) is 0.706. The van der Waals surface area contributed by atoms with Crippen LogP contribution < -0.4 is 11.0 Å². The number of H-pyrrole nitrogens is 2. The molecule has 0 fully saturated rings. The molecule has 0 unspecified atom stereocenters. The Balaban J connectivity index is 1.60. The summed E-state index contributed by atoms with van der Waals surface area (Å²) in [7, 11) is 0. The van der Waals surface area contributed by atoms with Crippen LogP contribution in [0, 0.1) is 0 Å². The highest BCUT2D eigenvalue weighted by Gasteiger charge is 2.04. The van der Waals surface area contributed by atoms with Crippen LogP contribution in [0.2, 0.25) is 0 Å². The van der Waals surface area contributed by atoms with E-state index in [2.05, 4.69) is 25.3 Å². The summed E-state index contributed by atoms with van der Waals surface area (Å²) in [6.07, 6.45) is 7.15. The van der Waals surface area contributed by atoms with Crippen molar-refractivity contribution in [3.05, 3.63) is 77.2 Å². The van der Waals surface area contributed by atoms with Crippen LogP contribution in [0.25, 0.3) is 22.2 Å². The smallest absolute Gasteiger partial charge is 0.323 e. The fourth-order valence-corrected chi connectivity index (χ4v) is 2.61. The maximum atomic E-state index is 11.4. The highest BCUT2D eigenvalue weighted by atomic mass is 16.1. The predicted octanol–water partition coefficient (Wildman–Crippen LogP) is 2.93. The van der Waals surface area contributed by atoms with E-state index in [9.17, 15) is 4.79 Å². The minimum absolute atomic E-state index is 0.201. The zero-order valence-electron chi connectivity index (χ0n) is 12.8. The summed E-state index contributed by atoms with van der Waals surface area (Å²) in [5.41, 5.74) is 5.45. The van der Waals surface area contributed by atoms with Gasteiger partial charge in [0.2, 0.25) is 0 Å². The van der Waals surface area contributed by atoms with Crippen LogP contribution in [-0.4, -0.2) is 19.9 Å². The second kappa shape index (κ2) is 6.00. The Hall–Kier alpha value is -3.41. The van der Waals surface area contributed by atoms with Gasteiger partial charge in [-0.2, -0.15) is 0 Å². The van der Waals surface area contributed by atoms with Gasteiger partial charge in [-0.15, -0.1) is 0 Å². The normalized spacial score (nSPS) is 10.8. The number of nitrogens with zero attached hydrogens (tertiary/aromatic N) is 2. The number of fused-ring (bicyclic) bond motifs is 1. The molecule has 0 saturated heterocycles. The van der Waals surface area contributed by atoms with Crippen molar-refractivity contribution in [1.29, 1.82) is 0 Å². The number of rotatable bonds is 4. The first-order chi connectivity index (χ1) is 11.8. The van der Waals surface area contributed by atoms with Gasteiger partial charge in [0.05, 0.1) is 16.7 Å². The number of pyridine rings is 2. The van der Waals surface area contributed by atoms with Crippen LogP contribution in [0.3, 0.4) is 0 Å². The van der Waals surface area contributed by atoms with Crippen molar-refractivity contribution in [1.82, 2.24) is 19.9 Å². The van der Waals surface area contributed by atoms with Crippen molar-refractivity contribution in [2.24, 2.45) is 0 Å². The van der Waals surface area contributed by atoms with Gasteiger partial charge in [0, 0.05) is 36.9 Å². The first-order valence-corrected chi connectivity index (χ1v) is 7.58. The Kier molecular flexibility index (Phi) is 3.55. The lowest BCUT2D eigenvalue weighted by Crippen LogP contribution is -2.00. The van der Waals surface area contributed by atoms with Gasteiger partial charge in [-0.25, -0.2) is 4.79 Å². The molecule has 0 saturated carbocycles. The molecule has 6 heteroatoms. The van der Waals surface area contributed by atoms with Gasteiger partial charge in [-0.3, -0.25) is 9.97 Å². The van der Waals surface area contributed by atoms with Crippen LogP contribution in [0.15, 0.2) is 66.0 Å². The second-order valence-corrected chi connectivity index (χ2v) is 5.51. The molecule has 3 aromatic heterocycles. The van der Waals surface area contributed by atoms with E-state index in [0.717, 1.165) is 33.4 Å². The topological polar surface area (TPSA) is 86.5 Å². The largest absolute Gasteiger partial charge is 0.380 e. The third kappa shape index (κ3) is 2.89. The quantitative estimate of drug-likeness (QED) is 0.540. The molecule has 0 radical (unpaired) electrons. The molecule has 0 spiro atoms. The molecule has 4 rings (SSSR count). The third-order valence-electron chi connectivity index (χ3n) is 3.83. The first-order valence-electron chi connectivity index (χ1n) is 7.58. The molecular weight excluding hydrogens is 302 g/mol. The van der Waals surface area contributed by atoms with Gasteiger partial charge in [-0.05, 0) is 41.5 Å². The number of anilines is 1. The zero-order valence-corrected chi connectivity index (χ0v) is 12.8. The molecule has 4 aromatic rings. The molecule has 0 aliphatic carbocycles. The van der Waals surface area contributed by atoms with Crippen LogP contribution >= 0.6 is 0 Å². The molecule has 118 valence electrons. The lowest BCUT2D eigenvalue weighted by atomic mass is 10.1. The lowest BCUT2D eigenvalue weighted by Gasteiger charge is -2.08. The van der Waals surface area contributed by atoms with Gasteiger partial charge in [0.1, 0.15) is 0 Å². The Labute approximate surface area is 137 Å². The number of aromatic amines is 2. The molecule has 0 bridgehead atoms. The standard InChI is InChI=1S/C18H15N5O/c24-18-22-16-2-1-13(8-17(16)23-18)14-7-15(11-20-10-14)21-9-12-3-5-19-6-4-12/h1-8,10-11,21H,9H2,(H2,22,23,24). The van der Waals surface area contributed by atoms with E-state index in [4.69, 9.17) is 0 Å². The Morgan fingerprint density at radius 2 is 1.71 bits per heavy atom. The molecule has 3 N–H and O–H groups in total. The maximum Gasteiger partial charge on any atom is 0.323 e. The van der Waals surface area contributed by atoms with Crippen LogP contribution in [0.4, 0.5) is 5.69 Å². The van der Waals surface area contributed by atoms with Crippen molar-refractivity contribution < 1.29 is 0 Å². The van der Waals surface area contributed by atoms with Crippen LogP contribution in [0.1, 0.15) is 5.56 Å². The SMILES string of the molecule is O=c1[nH]c2ccc(-c3cncc(NCc4ccncc4)c3)cc2[nH]1. The summed E-state index contributed by atoms with van der Waals surface area (Å²) in [5.74, 6) is 0. The fourth-order valence-electron chi connectivity index (χ4n) is 2.61. The highest BCUT2D eigenvalue weighted by molar-refractivity contribution is 5.81. The molecule has 1 aromatic carbocycles. The van der Waals surface area contributed by atoms with Crippen molar-refractivity contribution in [3.63, 3.8) is 0 Å². The summed E-state index contributed by atoms with van der Waals surface area (Å²) >= 11 is 0. The van der Waals surface area contributed by atoms with Crippen LogP contribution in [0.5, 0.6) is 0 Å².